The van der Waals surface area contributed by atoms with Gasteiger partial charge in [0, 0.05) is 11.8 Å². The van der Waals surface area contributed by atoms with Crippen LogP contribution in [0.15, 0.2) is 52.1 Å². The van der Waals surface area contributed by atoms with Crippen LogP contribution < -0.4 is 19.5 Å². The number of carbonyl (C=O) groups is 1. The molecule has 28 heavy (non-hydrogen) atoms. The van der Waals surface area contributed by atoms with E-state index in [1.165, 1.54) is 11.8 Å². The third-order valence-electron chi connectivity index (χ3n) is 3.95. The van der Waals surface area contributed by atoms with Gasteiger partial charge in [-0.1, -0.05) is 23.9 Å². The number of amides is 1. The number of carbonyl (C=O) groups excluding carboxylic acids is 1. The molecule has 9 heteroatoms. The molecule has 0 unspecified atom stereocenters. The number of nitrogens with zero attached hydrogens (tertiary/aromatic N) is 2. The summed E-state index contributed by atoms with van der Waals surface area (Å²) >= 11 is 1.18. The molecule has 144 valence electrons. The Labute approximate surface area is 165 Å². The maximum absolute atomic E-state index is 12.1. The fourth-order valence-electron chi connectivity index (χ4n) is 2.58. The Morgan fingerprint density at radius 1 is 1.14 bits per heavy atom. The van der Waals surface area contributed by atoms with Crippen LogP contribution in [-0.2, 0) is 11.2 Å². The van der Waals surface area contributed by atoms with E-state index >= 15 is 0 Å². The summed E-state index contributed by atoms with van der Waals surface area (Å²) in [6, 6.07) is 12.9. The minimum absolute atomic E-state index is 0.151. The molecule has 1 amide bonds. The highest BCUT2D eigenvalue weighted by Crippen LogP contribution is 2.34. The molecular weight excluding hydrogens is 382 g/mol. The molecule has 0 atom stereocenters. The number of fused-ring (bicyclic) bond motifs is 1. The molecule has 2 aromatic carbocycles. The van der Waals surface area contributed by atoms with Gasteiger partial charge in [-0.2, -0.15) is 0 Å². The minimum atomic E-state index is -0.182. The van der Waals surface area contributed by atoms with E-state index in [2.05, 4.69) is 15.5 Å². The number of aromatic nitrogens is 2. The van der Waals surface area contributed by atoms with Crippen LogP contribution in [0.5, 0.6) is 17.2 Å². The van der Waals surface area contributed by atoms with Gasteiger partial charge >= 0.3 is 0 Å². The monoisotopic (exact) mass is 399 g/mol. The second kappa shape index (κ2) is 8.22. The summed E-state index contributed by atoms with van der Waals surface area (Å²) in [5.74, 6) is 2.54. The van der Waals surface area contributed by atoms with Crippen LogP contribution in [0.1, 0.15) is 11.5 Å². The number of rotatable bonds is 7. The zero-order valence-corrected chi connectivity index (χ0v) is 15.8. The summed E-state index contributed by atoms with van der Waals surface area (Å²) in [5, 5.41) is 11.2. The largest absolute Gasteiger partial charge is 0.497 e. The summed E-state index contributed by atoms with van der Waals surface area (Å²) < 4.78 is 21.3. The SMILES string of the molecule is COc1ccc(Cc2nnc(SCC(=O)Nc3ccc4c(c3)OCO4)o2)cc1. The maximum Gasteiger partial charge on any atom is 0.277 e. The van der Waals surface area contributed by atoms with Crippen LogP contribution in [0.25, 0.3) is 0 Å². The Morgan fingerprint density at radius 3 is 2.79 bits per heavy atom. The van der Waals surface area contributed by atoms with Crippen LogP contribution in [0.2, 0.25) is 0 Å². The first-order valence-corrected chi connectivity index (χ1v) is 9.46. The average molecular weight is 399 g/mol. The van der Waals surface area contributed by atoms with Crippen molar-refractivity contribution in [2.24, 2.45) is 0 Å². The fourth-order valence-corrected chi connectivity index (χ4v) is 3.17. The Kier molecular flexibility index (Phi) is 5.34. The normalized spacial score (nSPS) is 12.0. The number of hydrogen-bond acceptors (Lipinski definition) is 8. The predicted molar refractivity (Wildman–Crippen MR) is 102 cm³/mol. The van der Waals surface area contributed by atoms with E-state index in [1.54, 1.807) is 25.3 Å². The van der Waals surface area contributed by atoms with Gasteiger partial charge in [-0.3, -0.25) is 4.79 Å². The smallest absolute Gasteiger partial charge is 0.277 e. The summed E-state index contributed by atoms with van der Waals surface area (Å²) in [6.07, 6.45) is 0.515. The molecule has 1 aliphatic rings. The summed E-state index contributed by atoms with van der Waals surface area (Å²) in [6.45, 7) is 0.193. The third kappa shape index (κ3) is 4.37. The molecule has 3 aromatic rings. The van der Waals surface area contributed by atoms with Gasteiger partial charge in [0.05, 0.1) is 19.3 Å². The highest BCUT2D eigenvalue weighted by atomic mass is 32.2. The van der Waals surface area contributed by atoms with Crippen molar-refractivity contribution in [2.45, 2.75) is 11.6 Å². The van der Waals surface area contributed by atoms with E-state index in [4.69, 9.17) is 18.6 Å². The van der Waals surface area contributed by atoms with Gasteiger partial charge < -0.3 is 23.9 Å². The third-order valence-corrected chi connectivity index (χ3v) is 4.76. The number of methoxy groups -OCH3 is 1. The van der Waals surface area contributed by atoms with Crippen molar-refractivity contribution in [1.29, 1.82) is 0 Å². The lowest BCUT2D eigenvalue weighted by Crippen LogP contribution is -2.13. The molecule has 1 aromatic heterocycles. The first kappa shape index (κ1) is 18.2. The van der Waals surface area contributed by atoms with E-state index in [0.717, 1.165) is 11.3 Å². The standard InChI is InChI=1S/C19H17N3O5S/c1-24-14-5-2-12(3-6-14)8-18-21-22-19(27-18)28-10-17(23)20-13-4-7-15-16(9-13)26-11-25-15/h2-7,9H,8,10-11H2,1H3,(H,20,23). The maximum atomic E-state index is 12.1. The molecule has 0 radical (unpaired) electrons. The predicted octanol–water partition coefficient (Wildman–Crippen LogP) is 3.13. The Balaban J connectivity index is 1.28. The topological polar surface area (TPSA) is 95.7 Å². The average Bonchev–Trinajstić information content (AvgIpc) is 3.36. The van der Waals surface area contributed by atoms with Crippen LogP contribution >= 0.6 is 11.8 Å². The number of benzene rings is 2. The van der Waals surface area contributed by atoms with Crippen molar-refractivity contribution >= 4 is 23.4 Å². The Hall–Kier alpha value is -3.20. The van der Waals surface area contributed by atoms with E-state index in [-0.39, 0.29) is 18.5 Å². The lowest BCUT2D eigenvalue weighted by molar-refractivity contribution is -0.113. The molecule has 0 saturated carbocycles. The first-order valence-electron chi connectivity index (χ1n) is 8.47. The molecule has 0 spiro atoms. The lowest BCUT2D eigenvalue weighted by atomic mass is 10.1. The van der Waals surface area contributed by atoms with E-state index in [0.29, 0.717) is 34.7 Å². The van der Waals surface area contributed by atoms with Crippen molar-refractivity contribution in [3.05, 3.63) is 53.9 Å². The minimum Gasteiger partial charge on any atom is -0.497 e. The quantitative estimate of drug-likeness (QED) is 0.606. The van der Waals surface area contributed by atoms with E-state index in [9.17, 15) is 4.79 Å². The van der Waals surface area contributed by atoms with E-state index in [1.807, 2.05) is 24.3 Å². The molecule has 2 heterocycles. The van der Waals surface area contributed by atoms with Gasteiger partial charge in [-0.05, 0) is 29.8 Å². The van der Waals surface area contributed by atoms with Crippen molar-refractivity contribution in [2.75, 3.05) is 25.0 Å². The highest BCUT2D eigenvalue weighted by molar-refractivity contribution is 7.99. The van der Waals surface area contributed by atoms with Crippen LogP contribution in [0.3, 0.4) is 0 Å². The lowest BCUT2D eigenvalue weighted by Gasteiger charge is -2.05. The van der Waals surface area contributed by atoms with Crippen molar-refractivity contribution in [3.63, 3.8) is 0 Å². The fraction of sp³-hybridized carbons (Fsp3) is 0.211. The first-order chi connectivity index (χ1) is 13.7. The molecule has 0 saturated heterocycles. The molecule has 0 bridgehead atoms. The van der Waals surface area contributed by atoms with Crippen LogP contribution in [0, 0.1) is 0 Å². The molecule has 0 fully saturated rings. The Morgan fingerprint density at radius 2 is 1.96 bits per heavy atom. The van der Waals surface area contributed by atoms with Crippen LogP contribution in [0.4, 0.5) is 5.69 Å². The number of ether oxygens (including phenoxy) is 3. The second-order valence-electron chi connectivity index (χ2n) is 5.89. The molecule has 8 nitrogen and oxygen atoms in total. The van der Waals surface area contributed by atoms with Gasteiger partial charge in [-0.15, -0.1) is 10.2 Å². The van der Waals surface area contributed by atoms with Gasteiger partial charge in [0.1, 0.15) is 5.75 Å². The molecule has 0 aliphatic carbocycles. The Bertz CT molecular complexity index is 974. The summed E-state index contributed by atoms with van der Waals surface area (Å²) in [7, 11) is 1.62. The van der Waals surface area contributed by atoms with Gasteiger partial charge in [-0.25, -0.2) is 0 Å². The van der Waals surface area contributed by atoms with Crippen molar-refractivity contribution < 1.29 is 23.4 Å². The second-order valence-corrected chi connectivity index (χ2v) is 6.82. The van der Waals surface area contributed by atoms with Gasteiger partial charge in [0.2, 0.25) is 18.6 Å². The summed E-state index contributed by atoms with van der Waals surface area (Å²) in [5.41, 5.74) is 1.67. The molecule has 1 aliphatic heterocycles. The van der Waals surface area contributed by atoms with Crippen molar-refractivity contribution in [1.82, 2.24) is 10.2 Å². The van der Waals surface area contributed by atoms with Gasteiger partial charge in [0.25, 0.3) is 5.22 Å². The number of hydrogen-bond donors (Lipinski definition) is 1. The number of thioether (sulfide) groups is 1. The molecule has 4 rings (SSSR count). The number of nitrogens with one attached hydrogen (secondary N) is 1. The van der Waals surface area contributed by atoms with Gasteiger partial charge in [0.15, 0.2) is 11.5 Å². The molecule has 1 N–H and O–H groups in total. The zero-order valence-electron chi connectivity index (χ0n) is 15.0. The van der Waals surface area contributed by atoms with Crippen LogP contribution in [-0.4, -0.2) is 35.8 Å². The summed E-state index contributed by atoms with van der Waals surface area (Å²) in [4.78, 5) is 12.1. The highest BCUT2D eigenvalue weighted by Gasteiger charge is 2.15. The number of anilines is 1. The van der Waals surface area contributed by atoms with E-state index < -0.39 is 0 Å². The van der Waals surface area contributed by atoms with Crippen molar-refractivity contribution in [3.8, 4) is 17.2 Å². The molecular formula is C19H17N3O5S. The zero-order chi connectivity index (χ0) is 19.3.